The first-order valence-electron chi connectivity index (χ1n) is 11.3. The molecular formula is C25H38ClFN4O. The van der Waals surface area contributed by atoms with Crippen molar-refractivity contribution in [3.8, 4) is 0 Å². The summed E-state index contributed by atoms with van der Waals surface area (Å²) in [7, 11) is 1.98. The Labute approximate surface area is 197 Å². The number of benzene rings is 1. The van der Waals surface area contributed by atoms with Crippen LogP contribution in [0.15, 0.2) is 60.8 Å². The van der Waals surface area contributed by atoms with Gasteiger partial charge in [0, 0.05) is 31.8 Å². The Kier molecular flexibility index (Phi) is 9.91. The van der Waals surface area contributed by atoms with Crippen LogP contribution in [0.3, 0.4) is 0 Å². The van der Waals surface area contributed by atoms with Crippen LogP contribution in [0, 0.1) is 0 Å². The van der Waals surface area contributed by atoms with Crippen LogP contribution in [0.25, 0.3) is 0 Å². The summed E-state index contributed by atoms with van der Waals surface area (Å²) in [5, 5.41) is 16.7. The zero-order valence-electron chi connectivity index (χ0n) is 19.6. The van der Waals surface area contributed by atoms with E-state index >= 15 is 0 Å². The van der Waals surface area contributed by atoms with E-state index in [4.69, 9.17) is 11.6 Å². The summed E-state index contributed by atoms with van der Waals surface area (Å²) < 4.78 is 13.9. The SMILES string of the molecule is C=CNC1=C(C(=C)N(C)CCCO)N(Cc2ccc(Cl)cc2)C(CCCCC(C)(C)F)N1. The van der Waals surface area contributed by atoms with Crippen molar-refractivity contribution in [3.05, 3.63) is 71.4 Å². The Morgan fingerprint density at radius 3 is 2.59 bits per heavy atom. The minimum atomic E-state index is -1.14. The molecule has 0 bridgehead atoms. The van der Waals surface area contributed by atoms with E-state index in [2.05, 4.69) is 33.6 Å². The largest absolute Gasteiger partial charge is 0.396 e. The lowest BCUT2D eigenvalue weighted by Gasteiger charge is -2.33. The first-order chi connectivity index (χ1) is 15.2. The fourth-order valence-corrected chi connectivity index (χ4v) is 3.97. The summed E-state index contributed by atoms with van der Waals surface area (Å²) >= 11 is 6.08. The number of alkyl halides is 1. The number of nitrogens with zero attached hydrogens (tertiary/aromatic N) is 2. The summed E-state index contributed by atoms with van der Waals surface area (Å²) in [5.41, 5.74) is 1.82. The van der Waals surface area contributed by atoms with Gasteiger partial charge in [-0.2, -0.15) is 0 Å². The molecule has 0 spiro atoms. The minimum Gasteiger partial charge on any atom is -0.396 e. The van der Waals surface area contributed by atoms with Crippen LogP contribution in [-0.2, 0) is 6.54 Å². The second-order valence-electron chi connectivity index (χ2n) is 8.90. The third kappa shape index (κ3) is 7.75. The van der Waals surface area contributed by atoms with Crippen molar-refractivity contribution in [1.29, 1.82) is 0 Å². The van der Waals surface area contributed by atoms with E-state index in [1.807, 2.05) is 31.3 Å². The Balaban J connectivity index is 2.26. The topological polar surface area (TPSA) is 50.8 Å². The molecule has 0 radical (unpaired) electrons. The lowest BCUT2D eigenvalue weighted by Crippen LogP contribution is -2.38. The van der Waals surface area contributed by atoms with Gasteiger partial charge in [0.15, 0.2) is 0 Å². The van der Waals surface area contributed by atoms with Crippen molar-refractivity contribution in [3.63, 3.8) is 0 Å². The van der Waals surface area contributed by atoms with Crippen molar-refractivity contribution < 1.29 is 9.50 Å². The number of rotatable bonds is 14. The molecule has 178 valence electrons. The molecular weight excluding hydrogens is 427 g/mol. The molecule has 1 aromatic carbocycles. The van der Waals surface area contributed by atoms with E-state index < -0.39 is 5.67 Å². The summed E-state index contributed by atoms with van der Waals surface area (Å²) in [4.78, 5) is 4.36. The maximum absolute atomic E-state index is 13.9. The Bertz CT molecular complexity index is 788. The van der Waals surface area contributed by atoms with Gasteiger partial charge in [-0.25, -0.2) is 4.39 Å². The highest BCUT2D eigenvalue weighted by molar-refractivity contribution is 6.30. The maximum atomic E-state index is 13.9. The highest BCUT2D eigenvalue weighted by Crippen LogP contribution is 2.31. The van der Waals surface area contributed by atoms with Crippen LogP contribution < -0.4 is 10.6 Å². The third-order valence-corrected chi connectivity index (χ3v) is 5.86. The van der Waals surface area contributed by atoms with Crippen molar-refractivity contribution in [2.24, 2.45) is 0 Å². The predicted molar refractivity (Wildman–Crippen MR) is 131 cm³/mol. The second-order valence-corrected chi connectivity index (χ2v) is 9.33. The molecule has 0 saturated heterocycles. The van der Waals surface area contributed by atoms with Gasteiger partial charge in [-0.05, 0) is 63.4 Å². The van der Waals surface area contributed by atoms with Crippen molar-refractivity contribution in [2.75, 3.05) is 20.2 Å². The molecule has 5 nitrogen and oxygen atoms in total. The number of aliphatic hydroxyl groups excluding tert-OH is 1. The van der Waals surface area contributed by atoms with Gasteiger partial charge in [-0.3, -0.25) is 0 Å². The Morgan fingerprint density at radius 2 is 2.00 bits per heavy atom. The van der Waals surface area contributed by atoms with Gasteiger partial charge in [0.25, 0.3) is 0 Å². The highest BCUT2D eigenvalue weighted by atomic mass is 35.5. The van der Waals surface area contributed by atoms with E-state index in [0.717, 1.165) is 42.0 Å². The monoisotopic (exact) mass is 464 g/mol. The van der Waals surface area contributed by atoms with E-state index in [1.165, 1.54) is 0 Å². The molecule has 1 unspecified atom stereocenters. The fourth-order valence-electron chi connectivity index (χ4n) is 3.84. The molecule has 0 saturated carbocycles. The quantitative estimate of drug-likeness (QED) is 0.334. The van der Waals surface area contributed by atoms with Crippen molar-refractivity contribution >= 4 is 11.6 Å². The number of likely N-dealkylation sites (N-methyl/N-ethyl adjacent to an activating group) is 1. The van der Waals surface area contributed by atoms with Crippen LogP contribution in [0.4, 0.5) is 4.39 Å². The number of hydrogen-bond acceptors (Lipinski definition) is 5. The summed E-state index contributed by atoms with van der Waals surface area (Å²) in [6.45, 7) is 12.9. The second kappa shape index (κ2) is 12.2. The van der Waals surface area contributed by atoms with Crippen LogP contribution in [0.1, 0.15) is 51.5 Å². The third-order valence-electron chi connectivity index (χ3n) is 5.61. The van der Waals surface area contributed by atoms with Crippen LogP contribution in [0.5, 0.6) is 0 Å². The zero-order valence-corrected chi connectivity index (χ0v) is 20.4. The van der Waals surface area contributed by atoms with E-state index in [-0.39, 0.29) is 12.8 Å². The van der Waals surface area contributed by atoms with Crippen molar-refractivity contribution in [2.45, 2.75) is 64.3 Å². The standard InChI is InChI=1S/C25H38ClFN4O/c1-6-28-24-23(19(2)30(5)16-9-17-32)31(18-20-11-13-21(26)14-12-20)22(29-24)10-7-8-15-25(3,4)27/h6,11-14,22,28-29,32H,1-2,7-10,15-18H2,3-5H3. The number of aliphatic hydroxyl groups is 1. The number of halogens is 2. The van der Waals surface area contributed by atoms with Gasteiger partial charge in [0.2, 0.25) is 0 Å². The van der Waals surface area contributed by atoms with Crippen LogP contribution in [0.2, 0.25) is 5.02 Å². The minimum absolute atomic E-state index is 0.0360. The van der Waals surface area contributed by atoms with Crippen LogP contribution in [-0.4, -0.2) is 46.9 Å². The molecule has 1 heterocycles. The summed E-state index contributed by atoms with van der Waals surface area (Å²) in [5.74, 6) is 0.852. The first kappa shape index (κ1) is 26.1. The van der Waals surface area contributed by atoms with Gasteiger partial charge >= 0.3 is 0 Å². The Morgan fingerprint density at radius 1 is 1.31 bits per heavy atom. The zero-order chi connectivity index (χ0) is 23.7. The molecule has 0 fully saturated rings. The van der Waals surface area contributed by atoms with Gasteiger partial charge in [0.05, 0.1) is 5.70 Å². The Hall–Kier alpha value is -2.18. The van der Waals surface area contributed by atoms with Gasteiger partial charge in [0.1, 0.15) is 23.4 Å². The average molecular weight is 465 g/mol. The number of hydrogen-bond donors (Lipinski definition) is 3. The summed E-state index contributed by atoms with van der Waals surface area (Å²) in [6.07, 6.45) is 5.50. The molecule has 0 aliphatic carbocycles. The van der Waals surface area contributed by atoms with Gasteiger partial charge in [-0.1, -0.05) is 43.3 Å². The molecule has 1 aromatic rings. The van der Waals surface area contributed by atoms with Gasteiger partial charge < -0.3 is 25.5 Å². The van der Waals surface area contributed by atoms with E-state index in [1.54, 1.807) is 20.0 Å². The lowest BCUT2D eigenvalue weighted by molar-refractivity contribution is 0.187. The average Bonchev–Trinajstić information content (AvgIpc) is 3.06. The molecule has 1 aliphatic rings. The molecule has 0 aromatic heterocycles. The molecule has 7 heteroatoms. The smallest absolute Gasteiger partial charge is 0.131 e. The predicted octanol–water partition coefficient (Wildman–Crippen LogP) is 5.11. The molecule has 3 N–H and O–H groups in total. The molecule has 0 amide bonds. The summed E-state index contributed by atoms with van der Waals surface area (Å²) in [6, 6.07) is 7.85. The molecule has 1 atom stereocenters. The molecule has 32 heavy (non-hydrogen) atoms. The number of unbranched alkanes of at least 4 members (excludes halogenated alkanes) is 1. The lowest BCUT2D eigenvalue weighted by atomic mass is 10.0. The van der Waals surface area contributed by atoms with Gasteiger partial charge in [-0.15, -0.1) is 0 Å². The van der Waals surface area contributed by atoms with Crippen LogP contribution >= 0.6 is 11.6 Å². The van der Waals surface area contributed by atoms with Crippen molar-refractivity contribution in [1.82, 2.24) is 20.4 Å². The van der Waals surface area contributed by atoms with E-state index in [0.29, 0.717) is 31.0 Å². The number of nitrogens with one attached hydrogen (secondary N) is 2. The first-order valence-corrected chi connectivity index (χ1v) is 11.6. The highest BCUT2D eigenvalue weighted by Gasteiger charge is 2.33. The fraction of sp³-hybridized carbons (Fsp3) is 0.520. The maximum Gasteiger partial charge on any atom is 0.131 e. The molecule has 2 rings (SSSR count). The van der Waals surface area contributed by atoms with E-state index in [9.17, 15) is 9.50 Å². The molecule has 1 aliphatic heterocycles. The normalized spacial score (nSPS) is 16.2.